The molecule has 1 saturated carbocycles. The van der Waals surface area contributed by atoms with E-state index in [9.17, 15) is 14.4 Å². The van der Waals surface area contributed by atoms with Crippen LogP contribution in [0.5, 0.6) is 0 Å². The molecule has 0 aromatic heterocycles. The number of rotatable bonds is 19. The van der Waals surface area contributed by atoms with Gasteiger partial charge in [0.05, 0.1) is 6.61 Å². The van der Waals surface area contributed by atoms with Gasteiger partial charge in [0.15, 0.2) is 16.6 Å². The van der Waals surface area contributed by atoms with E-state index >= 15 is 0 Å². The second kappa shape index (κ2) is 27.8. The maximum atomic E-state index is 12.5. The lowest BCUT2D eigenvalue weighted by atomic mass is 9.62. The van der Waals surface area contributed by atoms with Gasteiger partial charge in [0.2, 0.25) is 0 Å². The number of hydrogen-bond donors (Lipinski definition) is 2. The van der Waals surface area contributed by atoms with Crippen LogP contribution in [0.1, 0.15) is 118 Å². The normalized spacial score (nSPS) is 17.7. The topological polar surface area (TPSA) is 121 Å². The lowest BCUT2D eigenvalue weighted by Crippen LogP contribution is -2.50. The third kappa shape index (κ3) is 27.5. The van der Waals surface area contributed by atoms with Crippen LogP contribution in [0.3, 0.4) is 0 Å². The van der Waals surface area contributed by atoms with Crippen LogP contribution in [0.2, 0.25) is 38.3 Å². The van der Waals surface area contributed by atoms with Gasteiger partial charge in [-0.05, 0) is 81.7 Å². The van der Waals surface area contributed by atoms with Gasteiger partial charge in [-0.3, -0.25) is 0 Å². The number of unbranched alkanes of at least 4 members (excludes halogenated alkanes) is 1. The van der Waals surface area contributed by atoms with E-state index in [1.165, 1.54) is 18.9 Å². The average Bonchev–Trinajstić information content (AvgIpc) is 2.86. The summed E-state index contributed by atoms with van der Waals surface area (Å²) in [6.45, 7) is 24.5. The number of carbonyl (C=O) groups excluding carboxylic acids is 3. The minimum atomic E-state index is -1.71. The summed E-state index contributed by atoms with van der Waals surface area (Å²) in [5.74, 6) is -0.518. The zero-order valence-electron chi connectivity index (χ0n) is 28.4. The van der Waals surface area contributed by atoms with E-state index < -0.39 is 34.8 Å². The van der Waals surface area contributed by atoms with Crippen LogP contribution in [0.25, 0.3) is 0 Å². The van der Waals surface area contributed by atoms with Crippen molar-refractivity contribution in [3.8, 4) is 0 Å². The highest BCUT2D eigenvalue weighted by Gasteiger charge is 2.42. The summed E-state index contributed by atoms with van der Waals surface area (Å²) in [5, 5.41) is 5.83. The standard InChI is InChI=1S/C31H60N2O8Si2.6CH4/c1-11-12-19-42(7,8)41-43(9,10)20-13-14-37-15-16-40-29(36)33-26-21-30(4,5)23-31(6,22-26)24-32-28(35)39-18-17-38-27(34)25(2)3;;;;;;/h26H,2,11-24H2,1,3-10H3,(H,32,35)(H,33,36);6*1H4. The predicted octanol–water partition coefficient (Wildman–Crippen LogP) is 10.6. The molecular weight excluding hydrogens is 657 g/mol. The molecule has 0 aliphatic heterocycles. The molecule has 0 radical (unpaired) electrons. The van der Waals surface area contributed by atoms with Crippen LogP contribution in [-0.2, 0) is 27.9 Å². The van der Waals surface area contributed by atoms with Gasteiger partial charge in [-0.1, -0.05) is 91.7 Å². The Bertz CT molecular complexity index is 915. The molecule has 1 aliphatic rings. The first-order valence-electron chi connectivity index (χ1n) is 15.8. The fraction of sp³-hybridized carbons (Fsp3) is 0.865. The number of esters is 1. The quantitative estimate of drug-likeness (QED) is 0.0441. The predicted molar refractivity (Wildman–Crippen MR) is 216 cm³/mol. The molecule has 0 bridgehead atoms. The number of carbonyl (C=O) groups is 3. The van der Waals surface area contributed by atoms with Gasteiger partial charge in [-0.2, -0.15) is 0 Å². The number of amides is 2. The molecule has 0 spiro atoms. The maximum Gasteiger partial charge on any atom is 0.407 e. The Balaban J connectivity index is -0.000000770. The van der Waals surface area contributed by atoms with Crippen LogP contribution >= 0.6 is 0 Å². The summed E-state index contributed by atoms with van der Waals surface area (Å²) in [6, 6.07) is 2.19. The Morgan fingerprint density at radius 1 is 0.755 bits per heavy atom. The van der Waals surface area contributed by atoms with Crippen molar-refractivity contribution in [2.24, 2.45) is 10.8 Å². The zero-order chi connectivity index (χ0) is 32.7. The van der Waals surface area contributed by atoms with Gasteiger partial charge >= 0.3 is 18.2 Å². The molecule has 12 heteroatoms. The first-order valence-corrected chi connectivity index (χ1v) is 22.1. The molecule has 0 heterocycles. The van der Waals surface area contributed by atoms with Crippen molar-refractivity contribution >= 4 is 34.8 Å². The van der Waals surface area contributed by atoms with E-state index in [1.807, 2.05) is 0 Å². The van der Waals surface area contributed by atoms with Gasteiger partial charge in [0.1, 0.15) is 19.8 Å². The first kappa shape index (κ1) is 59.3. The smallest absolute Gasteiger partial charge is 0.407 e. The summed E-state index contributed by atoms with van der Waals surface area (Å²) in [6.07, 6.45) is 4.76. The lowest BCUT2D eigenvalue weighted by Gasteiger charge is -2.46. The minimum absolute atomic E-state index is 0. The highest BCUT2D eigenvalue weighted by Crippen LogP contribution is 2.45. The Kier molecular flexibility index (Phi) is 33.6. The van der Waals surface area contributed by atoms with Crippen molar-refractivity contribution in [1.82, 2.24) is 10.6 Å². The molecule has 0 aromatic carbocycles. The third-order valence-corrected chi connectivity index (χ3v) is 15.1. The van der Waals surface area contributed by atoms with Gasteiger partial charge in [0, 0.05) is 24.8 Å². The fourth-order valence-corrected chi connectivity index (χ4v) is 15.2. The summed E-state index contributed by atoms with van der Waals surface area (Å²) in [7, 11) is -3.31. The number of nitrogens with one attached hydrogen (secondary N) is 2. The Morgan fingerprint density at radius 2 is 1.27 bits per heavy atom. The molecule has 2 atom stereocenters. The van der Waals surface area contributed by atoms with Crippen molar-refractivity contribution in [1.29, 1.82) is 0 Å². The Hall–Kier alpha value is -1.90. The number of alkyl carbamates (subject to hydrolysis) is 2. The SMILES string of the molecule is C.C.C.C.C.C.C=C(C)C(=O)OCCOC(=O)NCC1(C)CC(NC(=O)OCCOCCC[Si](C)(C)O[Si](C)(C)CCCC)CC(C)(C)C1. The molecule has 298 valence electrons. The van der Waals surface area contributed by atoms with Gasteiger partial charge in [-0.25, -0.2) is 14.4 Å². The molecule has 2 amide bonds. The molecule has 1 aliphatic carbocycles. The lowest BCUT2D eigenvalue weighted by molar-refractivity contribution is -0.139. The highest BCUT2D eigenvalue weighted by molar-refractivity contribution is 6.84. The summed E-state index contributed by atoms with van der Waals surface area (Å²) < 4.78 is 27.8. The van der Waals surface area contributed by atoms with Crippen LogP contribution in [-0.4, -0.2) is 80.4 Å². The summed E-state index contributed by atoms with van der Waals surface area (Å²) in [4.78, 5) is 36.1. The van der Waals surface area contributed by atoms with Crippen molar-refractivity contribution < 1.29 is 37.4 Å². The molecule has 1 rings (SSSR count). The fourth-order valence-electron chi connectivity index (χ4n) is 6.16. The second-order valence-electron chi connectivity index (χ2n) is 14.4. The largest absolute Gasteiger partial charge is 0.459 e. The van der Waals surface area contributed by atoms with Crippen LogP contribution in [0.4, 0.5) is 9.59 Å². The van der Waals surface area contributed by atoms with Crippen LogP contribution in [0.15, 0.2) is 12.2 Å². The highest BCUT2D eigenvalue weighted by atomic mass is 28.4. The minimum Gasteiger partial charge on any atom is -0.459 e. The summed E-state index contributed by atoms with van der Waals surface area (Å²) in [5.41, 5.74) is 0.00617. The molecule has 1 fully saturated rings. The van der Waals surface area contributed by atoms with Gasteiger partial charge in [0.25, 0.3) is 0 Å². The third-order valence-electron chi connectivity index (χ3n) is 7.54. The number of ether oxygens (including phenoxy) is 4. The molecular formula is C37H84N2O8Si2. The molecule has 2 N–H and O–H groups in total. The van der Waals surface area contributed by atoms with Gasteiger partial charge < -0.3 is 33.7 Å². The Morgan fingerprint density at radius 3 is 1.82 bits per heavy atom. The van der Waals surface area contributed by atoms with Crippen LogP contribution in [0, 0.1) is 10.8 Å². The molecule has 0 saturated heterocycles. The maximum absolute atomic E-state index is 12.5. The monoisotopic (exact) mass is 741 g/mol. The van der Waals surface area contributed by atoms with E-state index in [1.54, 1.807) is 6.92 Å². The van der Waals surface area contributed by atoms with Crippen LogP contribution < -0.4 is 10.6 Å². The zero-order valence-corrected chi connectivity index (χ0v) is 30.4. The average molecular weight is 741 g/mol. The van der Waals surface area contributed by atoms with Crippen molar-refractivity contribution in [3.05, 3.63) is 12.2 Å². The van der Waals surface area contributed by atoms with E-state index in [0.717, 1.165) is 25.3 Å². The molecule has 2 unspecified atom stereocenters. The molecule has 10 nitrogen and oxygen atoms in total. The van der Waals surface area contributed by atoms with E-state index in [4.69, 9.17) is 23.1 Å². The first-order chi connectivity index (χ1) is 19.9. The van der Waals surface area contributed by atoms with E-state index in [-0.39, 0.29) is 81.3 Å². The van der Waals surface area contributed by atoms with Crippen molar-refractivity contribution in [2.45, 2.75) is 162 Å². The van der Waals surface area contributed by atoms with E-state index in [2.05, 4.69) is 71.1 Å². The van der Waals surface area contributed by atoms with Gasteiger partial charge in [-0.15, -0.1) is 0 Å². The van der Waals surface area contributed by atoms with E-state index in [0.29, 0.717) is 31.8 Å². The van der Waals surface area contributed by atoms with Crippen molar-refractivity contribution in [2.75, 3.05) is 39.6 Å². The second-order valence-corrected chi connectivity index (χ2v) is 23.2. The Labute approximate surface area is 306 Å². The molecule has 49 heavy (non-hydrogen) atoms. The number of hydrogen-bond acceptors (Lipinski definition) is 8. The van der Waals surface area contributed by atoms with Crippen molar-refractivity contribution in [3.63, 3.8) is 0 Å². The molecule has 0 aromatic rings. The summed E-state index contributed by atoms with van der Waals surface area (Å²) >= 11 is 0.